The first-order valence-electron chi connectivity index (χ1n) is 6.64. The minimum atomic E-state index is -3.74. The number of pyridine rings is 1. The summed E-state index contributed by atoms with van der Waals surface area (Å²) in [6.07, 6.45) is 1.48. The maximum absolute atomic E-state index is 12.4. The summed E-state index contributed by atoms with van der Waals surface area (Å²) in [5, 5.41) is 9.77. The van der Waals surface area contributed by atoms with Crippen LogP contribution in [0.2, 0.25) is 0 Å². The van der Waals surface area contributed by atoms with Gasteiger partial charge in [0.15, 0.2) is 0 Å². The molecule has 0 aliphatic rings. The molecule has 114 valence electrons. The molecule has 0 bridgehead atoms. The predicted molar refractivity (Wildman–Crippen MR) is 80.5 cm³/mol. The van der Waals surface area contributed by atoms with E-state index in [0.717, 1.165) is 17.9 Å². The van der Waals surface area contributed by atoms with Gasteiger partial charge in [0.2, 0.25) is 5.03 Å². The van der Waals surface area contributed by atoms with Crippen molar-refractivity contribution >= 4 is 15.7 Å². The fourth-order valence-electron chi connectivity index (χ4n) is 1.84. The normalized spacial score (nSPS) is 11.6. The van der Waals surface area contributed by atoms with Gasteiger partial charge in [-0.3, -0.25) is 14.8 Å². The number of anilines is 1. The van der Waals surface area contributed by atoms with E-state index in [4.69, 9.17) is 0 Å². The summed E-state index contributed by atoms with van der Waals surface area (Å²) in [5.74, 6) is 0. The van der Waals surface area contributed by atoms with Crippen LogP contribution < -0.4 is 10.0 Å². The van der Waals surface area contributed by atoms with Crippen molar-refractivity contribution in [2.24, 2.45) is 0 Å². The van der Waals surface area contributed by atoms with Gasteiger partial charge in [0.1, 0.15) is 0 Å². The van der Waals surface area contributed by atoms with E-state index < -0.39 is 10.0 Å². The molecule has 0 saturated carbocycles. The third-order valence-corrected chi connectivity index (χ3v) is 4.36. The van der Waals surface area contributed by atoms with Gasteiger partial charge in [0.05, 0.1) is 11.9 Å². The number of aromatic nitrogens is 3. The van der Waals surface area contributed by atoms with Gasteiger partial charge in [-0.05, 0) is 32.5 Å². The van der Waals surface area contributed by atoms with Crippen LogP contribution in [0.5, 0.6) is 0 Å². The number of H-pyrrole nitrogens is 1. The first kappa shape index (κ1) is 15.5. The molecule has 0 saturated heterocycles. The van der Waals surface area contributed by atoms with E-state index in [2.05, 4.69) is 25.2 Å². The first-order chi connectivity index (χ1) is 9.94. The third kappa shape index (κ3) is 3.59. The second kappa shape index (κ2) is 6.23. The fourth-order valence-corrected chi connectivity index (χ4v) is 3.09. The SMILES string of the molecule is CCNCc1c(S(=O)(=O)Nc2ccc(C)nc2)n[nH]c1C. The molecule has 3 N–H and O–H groups in total. The van der Waals surface area contributed by atoms with E-state index in [-0.39, 0.29) is 5.03 Å². The highest BCUT2D eigenvalue weighted by Crippen LogP contribution is 2.19. The summed E-state index contributed by atoms with van der Waals surface area (Å²) in [7, 11) is -3.74. The number of aryl methyl sites for hydroxylation is 2. The summed E-state index contributed by atoms with van der Waals surface area (Å²) >= 11 is 0. The number of nitrogens with zero attached hydrogens (tertiary/aromatic N) is 2. The zero-order valence-corrected chi connectivity index (χ0v) is 13.1. The van der Waals surface area contributed by atoms with E-state index in [1.807, 2.05) is 13.8 Å². The zero-order chi connectivity index (χ0) is 15.5. The number of rotatable bonds is 6. The summed E-state index contributed by atoms with van der Waals surface area (Å²) in [4.78, 5) is 4.07. The third-order valence-electron chi connectivity index (χ3n) is 3.01. The lowest BCUT2D eigenvalue weighted by Crippen LogP contribution is -2.19. The largest absolute Gasteiger partial charge is 0.313 e. The van der Waals surface area contributed by atoms with Gasteiger partial charge in [0, 0.05) is 23.5 Å². The molecular formula is C13H19N5O2S. The summed E-state index contributed by atoms with van der Waals surface area (Å²) in [6, 6.07) is 3.41. The highest BCUT2D eigenvalue weighted by atomic mass is 32.2. The van der Waals surface area contributed by atoms with E-state index in [0.29, 0.717) is 17.8 Å². The van der Waals surface area contributed by atoms with Gasteiger partial charge in [0.25, 0.3) is 10.0 Å². The lowest BCUT2D eigenvalue weighted by atomic mass is 10.2. The number of hydrogen-bond donors (Lipinski definition) is 3. The smallest absolute Gasteiger partial charge is 0.281 e. The Morgan fingerprint density at radius 3 is 2.67 bits per heavy atom. The molecule has 8 heteroatoms. The number of hydrogen-bond acceptors (Lipinski definition) is 5. The van der Waals surface area contributed by atoms with Gasteiger partial charge in [-0.2, -0.15) is 13.5 Å². The quantitative estimate of drug-likeness (QED) is 0.747. The Labute approximate surface area is 124 Å². The maximum Gasteiger partial charge on any atom is 0.281 e. The molecule has 0 atom stereocenters. The molecule has 2 heterocycles. The van der Waals surface area contributed by atoms with Crippen molar-refractivity contribution in [3.63, 3.8) is 0 Å². The van der Waals surface area contributed by atoms with E-state index in [1.165, 1.54) is 6.20 Å². The van der Waals surface area contributed by atoms with Crippen molar-refractivity contribution in [2.45, 2.75) is 32.3 Å². The van der Waals surface area contributed by atoms with Crippen LogP contribution in [0.1, 0.15) is 23.9 Å². The molecule has 7 nitrogen and oxygen atoms in total. The first-order valence-corrected chi connectivity index (χ1v) is 8.12. The van der Waals surface area contributed by atoms with Crippen LogP contribution in [0.4, 0.5) is 5.69 Å². The highest BCUT2D eigenvalue weighted by Gasteiger charge is 2.23. The molecule has 0 unspecified atom stereocenters. The Morgan fingerprint density at radius 1 is 1.29 bits per heavy atom. The second-order valence-corrected chi connectivity index (χ2v) is 6.30. The lowest BCUT2D eigenvalue weighted by molar-refractivity contribution is 0.594. The Balaban J connectivity index is 2.29. The molecule has 0 aliphatic carbocycles. The summed E-state index contributed by atoms with van der Waals surface area (Å²) in [5.41, 5.74) is 2.61. The molecule has 0 aliphatic heterocycles. The van der Waals surface area contributed by atoms with Gasteiger partial charge >= 0.3 is 0 Å². The molecule has 2 aromatic rings. The molecule has 0 amide bonds. The Bertz CT molecular complexity index is 707. The molecule has 0 spiro atoms. The van der Waals surface area contributed by atoms with Crippen LogP contribution in [-0.2, 0) is 16.6 Å². The van der Waals surface area contributed by atoms with Gasteiger partial charge < -0.3 is 5.32 Å². The summed E-state index contributed by atoms with van der Waals surface area (Å²) in [6.45, 7) is 6.79. The number of sulfonamides is 1. The van der Waals surface area contributed by atoms with E-state index in [9.17, 15) is 8.42 Å². The molecule has 21 heavy (non-hydrogen) atoms. The molecular weight excluding hydrogens is 290 g/mol. The average molecular weight is 309 g/mol. The van der Waals surface area contributed by atoms with Crippen LogP contribution in [0.3, 0.4) is 0 Å². The standard InChI is InChI=1S/C13H19N5O2S/c1-4-14-8-12-10(3)16-17-13(12)21(19,20)18-11-6-5-9(2)15-7-11/h5-7,14,18H,4,8H2,1-3H3,(H,16,17). The highest BCUT2D eigenvalue weighted by molar-refractivity contribution is 7.92. The Hall–Kier alpha value is -1.93. The molecule has 2 aromatic heterocycles. The van der Waals surface area contributed by atoms with Gasteiger partial charge in [-0.25, -0.2) is 0 Å². The number of nitrogens with one attached hydrogen (secondary N) is 3. The average Bonchev–Trinajstić information content (AvgIpc) is 2.81. The maximum atomic E-state index is 12.4. The van der Waals surface area contributed by atoms with Crippen molar-refractivity contribution in [3.05, 3.63) is 35.3 Å². The van der Waals surface area contributed by atoms with Crippen molar-refractivity contribution in [2.75, 3.05) is 11.3 Å². The lowest BCUT2D eigenvalue weighted by Gasteiger charge is -2.08. The van der Waals surface area contributed by atoms with Gasteiger partial charge in [-0.1, -0.05) is 6.92 Å². The number of aromatic amines is 1. The van der Waals surface area contributed by atoms with Crippen molar-refractivity contribution in [1.29, 1.82) is 0 Å². The predicted octanol–water partition coefficient (Wildman–Crippen LogP) is 1.33. The summed E-state index contributed by atoms with van der Waals surface area (Å²) < 4.78 is 27.4. The van der Waals surface area contributed by atoms with Crippen LogP contribution in [0.15, 0.2) is 23.4 Å². The molecule has 2 rings (SSSR count). The second-order valence-electron chi connectivity index (χ2n) is 4.71. The Kier molecular flexibility index (Phi) is 4.59. The fraction of sp³-hybridized carbons (Fsp3) is 0.385. The van der Waals surface area contributed by atoms with Crippen molar-refractivity contribution in [3.8, 4) is 0 Å². The monoisotopic (exact) mass is 309 g/mol. The van der Waals surface area contributed by atoms with Crippen molar-refractivity contribution in [1.82, 2.24) is 20.5 Å². The Morgan fingerprint density at radius 2 is 2.05 bits per heavy atom. The molecule has 0 fully saturated rings. The van der Waals surface area contributed by atoms with Crippen LogP contribution >= 0.6 is 0 Å². The minimum absolute atomic E-state index is 0.0153. The van der Waals surface area contributed by atoms with Crippen molar-refractivity contribution < 1.29 is 8.42 Å². The van der Waals surface area contributed by atoms with E-state index >= 15 is 0 Å². The molecule has 0 aromatic carbocycles. The molecule has 0 radical (unpaired) electrons. The van der Waals surface area contributed by atoms with Gasteiger partial charge in [-0.15, -0.1) is 0 Å². The van der Waals surface area contributed by atoms with Crippen LogP contribution in [0.25, 0.3) is 0 Å². The zero-order valence-electron chi connectivity index (χ0n) is 12.3. The van der Waals surface area contributed by atoms with E-state index in [1.54, 1.807) is 19.1 Å². The topological polar surface area (TPSA) is 99.8 Å². The minimum Gasteiger partial charge on any atom is -0.313 e. The van der Waals surface area contributed by atoms with Crippen LogP contribution in [-0.4, -0.2) is 30.1 Å². The van der Waals surface area contributed by atoms with Crippen LogP contribution in [0, 0.1) is 13.8 Å².